The van der Waals surface area contributed by atoms with Crippen molar-refractivity contribution < 1.29 is 0 Å². The number of halogens is 2. The molecule has 1 aromatic carbocycles. The van der Waals surface area contributed by atoms with Gasteiger partial charge in [0.05, 0.1) is 5.52 Å². The number of fused-ring (bicyclic) bond motifs is 1. The van der Waals surface area contributed by atoms with Gasteiger partial charge in [0.2, 0.25) is 0 Å². The molecule has 0 saturated heterocycles. The number of hydrogen-bond acceptors (Lipinski definition) is 2. The Morgan fingerprint density at radius 1 is 1.25 bits per heavy atom. The van der Waals surface area contributed by atoms with Crippen LogP contribution >= 0.6 is 31.9 Å². The smallest absolute Gasteiger partial charge is 0.0879 e. The first-order valence-electron chi connectivity index (χ1n) is 5.16. The predicted octanol–water partition coefficient (Wildman–Crippen LogP) is 4.29. The van der Waals surface area contributed by atoms with Crippen molar-refractivity contribution in [2.45, 2.75) is 19.8 Å². The number of rotatable bonds is 2. The lowest BCUT2D eigenvalue weighted by atomic mass is 10.1. The first-order valence-corrected chi connectivity index (χ1v) is 6.75. The summed E-state index contributed by atoms with van der Waals surface area (Å²) in [5.41, 5.74) is 8.82. The zero-order valence-electron chi connectivity index (χ0n) is 8.93. The average Bonchev–Trinajstić information content (AvgIpc) is 2.23. The van der Waals surface area contributed by atoms with E-state index in [9.17, 15) is 0 Å². The number of hydrogen-bond donors (Lipinski definition) is 1. The van der Waals surface area contributed by atoms with Crippen LogP contribution < -0.4 is 5.73 Å². The van der Waals surface area contributed by atoms with Crippen LogP contribution in [-0.2, 0) is 6.42 Å². The Balaban J connectivity index is 2.76. The van der Waals surface area contributed by atoms with Crippen molar-refractivity contribution in [3.63, 3.8) is 0 Å². The molecule has 2 aromatic rings. The number of benzene rings is 1. The molecule has 0 aliphatic carbocycles. The molecule has 2 rings (SSSR count). The molecule has 0 unspecified atom stereocenters. The number of aryl methyl sites for hydroxylation is 1. The molecule has 0 fully saturated rings. The number of nitrogen functional groups attached to an aromatic ring is 1. The van der Waals surface area contributed by atoms with Crippen molar-refractivity contribution in [1.29, 1.82) is 0 Å². The van der Waals surface area contributed by atoms with Crippen LogP contribution in [0.4, 0.5) is 5.69 Å². The summed E-state index contributed by atoms with van der Waals surface area (Å²) < 4.78 is 1.97. The number of nitrogens with zero attached hydrogens (tertiary/aromatic N) is 1. The van der Waals surface area contributed by atoms with E-state index in [0.717, 1.165) is 44.1 Å². The van der Waals surface area contributed by atoms with Crippen molar-refractivity contribution in [3.8, 4) is 0 Å². The van der Waals surface area contributed by atoms with Gasteiger partial charge in [-0.2, -0.15) is 0 Å². The minimum absolute atomic E-state index is 0.779. The Bertz CT molecular complexity index is 538. The van der Waals surface area contributed by atoms with Gasteiger partial charge in [-0.25, -0.2) is 0 Å². The van der Waals surface area contributed by atoms with Crippen molar-refractivity contribution in [1.82, 2.24) is 4.98 Å². The summed E-state index contributed by atoms with van der Waals surface area (Å²) in [4.78, 5) is 4.63. The largest absolute Gasteiger partial charge is 0.398 e. The maximum atomic E-state index is 6.07. The van der Waals surface area contributed by atoms with E-state index in [2.05, 4.69) is 43.8 Å². The Morgan fingerprint density at radius 3 is 2.62 bits per heavy atom. The molecule has 0 atom stereocenters. The fourth-order valence-electron chi connectivity index (χ4n) is 1.74. The number of anilines is 1. The molecule has 2 N–H and O–H groups in total. The van der Waals surface area contributed by atoms with Gasteiger partial charge in [0.25, 0.3) is 0 Å². The van der Waals surface area contributed by atoms with Crippen LogP contribution in [-0.4, -0.2) is 4.98 Å². The lowest BCUT2D eigenvalue weighted by Crippen LogP contribution is -1.96. The Morgan fingerprint density at radius 2 is 1.94 bits per heavy atom. The van der Waals surface area contributed by atoms with Gasteiger partial charge in [0.1, 0.15) is 0 Å². The number of aromatic nitrogens is 1. The van der Waals surface area contributed by atoms with Gasteiger partial charge in [-0.1, -0.05) is 29.3 Å². The number of pyridine rings is 1. The minimum atomic E-state index is 0.779. The Hall–Kier alpha value is -0.610. The molecule has 4 heteroatoms. The highest BCUT2D eigenvalue weighted by atomic mass is 79.9. The highest BCUT2D eigenvalue weighted by molar-refractivity contribution is 9.11. The topological polar surface area (TPSA) is 38.9 Å². The van der Waals surface area contributed by atoms with Crippen LogP contribution in [0.2, 0.25) is 0 Å². The SMILES string of the molecule is CCCc1cc(N)c2c(Br)ccc(Br)c2n1. The molecule has 0 spiro atoms. The zero-order chi connectivity index (χ0) is 11.7. The summed E-state index contributed by atoms with van der Waals surface area (Å²) in [5, 5.41) is 0.981. The third-order valence-electron chi connectivity index (χ3n) is 2.45. The van der Waals surface area contributed by atoms with Gasteiger partial charge in [0, 0.05) is 25.7 Å². The molecule has 0 amide bonds. The van der Waals surface area contributed by atoms with Gasteiger partial charge in [0.15, 0.2) is 0 Å². The summed E-state index contributed by atoms with van der Waals surface area (Å²) in [6.07, 6.45) is 2.03. The van der Waals surface area contributed by atoms with Crippen LogP contribution in [0.15, 0.2) is 27.1 Å². The molecule has 1 aromatic heterocycles. The van der Waals surface area contributed by atoms with Gasteiger partial charge >= 0.3 is 0 Å². The maximum Gasteiger partial charge on any atom is 0.0879 e. The zero-order valence-corrected chi connectivity index (χ0v) is 12.1. The molecule has 0 aliphatic rings. The Labute approximate surface area is 112 Å². The summed E-state index contributed by atoms with van der Waals surface area (Å²) in [6, 6.07) is 5.92. The van der Waals surface area contributed by atoms with Crippen molar-refractivity contribution in [2.75, 3.05) is 5.73 Å². The highest BCUT2D eigenvalue weighted by Crippen LogP contribution is 2.33. The number of nitrogens with two attached hydrogens (primary N) is 1. The summed E-state index contributed by atoms with van der Waals surface area (Å²) in [5.74, 6) is 0. The van der Waals surface area contributed by atoms with Gasteiger partial charge in [-0.15, -0.1) is 0 Å². The van der Waals surface area contributed by atoms with E-state index >= 15 is 0 Å². The summed E-state index contributed by atoms with van der Waals surface area (Å²) in [6.45, 7) is 2.14. The van der Waals surface area contributed by atoms with E-state index in [0.29, 0.717) is 0 Å². The van der Waals surface area contributed by atoms with Crippen LogP contribution in [0, 0.1) is 0 Å². The molecule has 2 nitrogen and oxygen atoms in total. The molecule has 0 saturated carbocycles. The molecule has 84 valence electrons. The normalized spacial score (nSPS) is 10.9. The molecule has 0 radical (unpaired) electrons. The predicted molar refractivity (Wildman–Crippen MR) is 75.6 cm³/mol. The molecular formula is C12H12Br2N2. The fourth-order valence-corrected chi connectivity index (χ4v) is 2.70. The molecule has 0 bridgehead atoms. The molecule has 0 aliphatic heterocycles. The average molecular weight is 344 g/mol. The van der Waals surface area contributed by atoms with Crippen LogP contribution in [0.1, 0.15) is 19.0 Å². The molecule has 16 heavy (non-hydrogen) atoms. The standard InChI is InChI=1S/C12H12Br2N2/c1-2-3-7-6-10(15)11-8(13)4-5-9(14)12(11)16-7/h4-6H,2-3H2,1H3,(H2,15,16). The minimum Gasteiger partial charge on any atom is -0.398 e. The monoisotopic (exact) mass is 342 g/mol. The second-order valence-corrected chi connectivity index (χ2v) is 5.41. The van der Waals surface area contributed by atoms with Gasteiger partial charge in [-0.05, 0) is 40.5 Å². The fraction of sp³-hybridized carbons (Fsp3) is 0.250. The summed E-state index contributed by atoms with van der Waals surface area (Å²) >= 11 is 7.02. The Kier molecular flexibility index (Phi) is 3.50. The van der Waals surface area contributed by atoms with E-state index in [1.807, 2.05) is 18.2 Å². The van der Waals surface area contributed by atoms with E-state index < -0.39 is 0 Å². The maximum absolute atomic E-state index is 6.07. The van der Waals surface area contributed by atoms with Crippen molar-refractivity contribution >= 4 is 48.5 Å². The van der Waals surface area contributed by atoms with Crippen molar-refractivity contribution in [2.24, 2.45) is 0 Å². The second kappa shape index (κ2) is 4.72. The lowest BCUT2D eigenvalue weighted by Gasteiger charge is -2.08. The molecule has 1 heterocycles. The van der Waals surface area contributed by atoms with Gasteiger partial charge in [-0.3, -0.25) is 4.98 Å². The van der Waals surface area contributed by atoms with Crippen molar-refractivity contribution in [3.05, 3.63) is 32.8 Å². The third-order valence-corrected chi connectivity index (χ3v) is 3.75. The highest BCUT2D eigenvalue weighted by Gasteiger charge is 2.09. The first kappa shape index (κ1) is 11.9. The third kappa shape index (κ3) is 2.09. The van der Waals surface area contributed by atoms with E-state index in [4.69, 9.17) is 5.73 Å². The summed E-state index contributed by atoms with van der Waals surface area (Å²) in [7, 11) is 0. The van der Waals surface area contributed by atoms with Crippen LogP contribution in [0.25, 0.3) is 10.9 Å². The lowest BCUT2D eigenvalue weighted by molar-refractivity contribution is 0.890. The second-order valence-electron chi connectivity index (χ2n) is 3.71. The van der Waals surface area contributed by atoms with Crippen LogP contribution in [0.5, 0.6) is 0 Å². The quantitative estimate of drug-likeness (QED) is 0.883. The molecular weight excluding hydrogens is 332 g/mol. The van der Waals surface area contributed by atoms with E-state index in [1.54, 1.807) is 0 Å². The van der Waals surface area contributed by atoms with E-state index in [-0.39, 0.29) is 0 Å². The first-order chi connectivity index (χ1) is 7.63. The van der Waals surface area contributed by atoms with Crippen LogP contribution in [0.3, 0.4) is 0 Å². The van der Waals surface area contributed by atoms with E-state index in [1.165, 1.54) is 0 Å². The van der Waals surface area contributed by atoms with Gasteiger partial charge < -0.3 is 5.73 Å².